The van der Waals surface area contributed by atoms with Gasteiger partial charge in [-0.05, 0) is 51.1 Å². The summed E-state index contributed by atoms with van der Waals surface area (Å²) >= 11 is 0. The van der Waals surface area contributed by atoms with Gasteiger partial charge in [0, 0.05) is 25.2 Å². The molecule has 3 N–H and O–H groups in total. The molecule has 2 atom stereocenters. The Hall–Kier alpha value is -0.120. The van der Waals surface area contributed by atoms with Gasteiger partial charge in [-0.15, -0.1) is 0 Å². The van der Waals surface area contributed by atoms with Gasteiger partial charge in [0.1, 0.15) is 0 Å². The van der Waals surface area contributed by atoms with Crippen molar-refractivity contribution in [2.45, 2.75) is 51.1 Å². The van der Waals surface area contributed by atoms with E-state index < -0.39 is 0 Å². The molecule has 0 aromatic heterocycles. The van der Waals surface area contributed by atoms with E-state index in [1.807, 2.05) is 0 Å². The summed E-state index contributed by atoms with van der Waals surface area (Å²) in [6.45, 7) is 6.94. The normalized spacial score (nSPS) is 28.5. The molecule has 0 aromatic rings. The van der Waals surface area contributed by atoms with Gasteiger partial charge in [-0.25, -0.2) is 0 Å². The number of hydrogen-bond acceptors (Lipinski definition) is 3. The Labute approximate surface area is 99.8 Å². The number of nitrogens with one attached hydrogen (secondary N) is 1. The molecule has 0 amide bonds. The van der Waals surface area contributed by atoms with E-state index in [9.17, 15) is 0 Å². The third kappa shape index (κ3) is 3.72. The van der Waals surface area contributed by atoms with Crippen LogP contribution in [0.25, 0.3) is 0 Å². The molecular weight excluding hydrogens is 198 g/mol. The van der Waals surface area contributed by atoms with E-state index >= 15 is 0 Å². The molecule has 94 valence electrons. The van der Waals surface area contributed by atoms with E-state index in [0.29, 0.717) is 0 Å². The molecule has 2 rings (SSSR count). The molecule has 1 heterocycles. The van der Waals surface area contributed by atoms with Gasteiger partial charge in [0.15, 0.2) is 0 Å². The predicted molar refractivity (Wildman–Crippen MR) is 68.5 cm³/mol. The van der Waals surface area contributed by atoms with Crippen LogP contribution in [-0.2, 0) is 0 Å². The van der Waals surface area contributed by atoms with Gasteiger partial charge in [0.25, 0.3) is 0 Å². The largest absolute Gasteiger partial charge is 0.330 e. The molecular formula is C13H27N3. The van der Waals surface area contributed by atoms with Crippen molar-refractivity contribution >= 4 is 0 Å². The Balaban J connectivity index is 1.56. The third-order valence-electron chi connectivity index (χ3n) is 3.94. The Morgan fingerprint density at radius 3 is 2.88 bits per heavy atom. The van der Waals surface area contributed by atoms with Crippen molar-refractivity contribution in [3.8, 4) is 0 Å². The molecule has 1 aliphatic carbocycles. The summed E-state index contributed by atoms with van der Waals surface area (Å²) in [5, 5.41) is 3.72. The third-order valence-corrected chi connectivity index (χ3v) is 3.94. The Bertz CT molecular complexity index is 203. The molecule has 0 spiro atoms. The smallest absolute Gasteiger partial charge is 0.0207 e. The van der Waals surface area contributed by atoms with Crippen LogP contribution in [-0.4, -0.2) is 43.2 Å². The first-order valence-electron chi connectivity index (χ1n) is 6.97. The average Bonchev–Trinajstić information content (AvgIpc) is 3.03. The van der Waals surface area contributed by atoms with Gasteiger partial charge >= 0.3 is 0 Å². The van der Waals surface area contributed by atoms with Gasteiger partial charge in [-0.2, -0.15) is 0 Å². The minimum absolute atomic E-state index is 0.751. The molecule has 2 fully saturated rings. The molecule has 3 heteroatoms. The van der Waals surface area contributed by atoms with Crippen LogP contribution in [0.15, 0.2) is 0 Å². The van der Waals surface area contributed by atoms with E-state index in [4.69, 9.17) is 5.73 Å². The van der Waals surface area contributed by atoms with Crippen LogP contribution in [0.5, 0.6) is 0 Å². The zero-order valence-electron chi connectivity index (χ0n) is 10.6. The summed E-state index contributed by atoms with van der Waals surface area (Å²) in [6.07, 6.45) is 6.67. The van der Waals surface area contributed by atoms with E-state index in [1.165, 1.54) is 51.7 Å². The zero-order chi connectivity index (χ0) is 11.4. The van der Waals surface area contributed by atoms with E-state index in [0.717, 1.165) is 24.5 Å². The average molecular weight is 225 g/mol. The summed E-state index contributed by atoms with van der Waals surface area (Å²) in [6, 6.07) is 1.70. The first kappa shape index (κ1) is 12.3. The molecule has 3 nitrogen and oxygen atoms in total. The predicted octanol–water partition coefficient (Wildman–Crippen LogP) is 1.19. The van der Waals surface area contributed by atoms with Crippen molar-refractivity contribution in [3.05, 3.63) is 0 Å². The fraction of sp³-hybridized carbons (Fsp3) is 1.00. The maximum atomic E-state index is 5.53. The van der Waals surface area contributed by atoms with E-state index in [1.54, 1.807) is 0 Å². The Morgan fingerprint density at radius 1 is 1.38 bits per heavy atom. The van der Waals surface area contributed by atoms with Crippen LogP contribution in [0, 0.1) is 5.92 Å². The minimum Gasteiger partial charge on any atom is -0.330 e. The first-order chi connectivity index (χ1) is 7.79. The van der Waals surface area contributed by atoms with Crippen molar-refractivity contribution in [1.82, 2.24) is 10.2 Å². The van der Waals surface area contributed by atoms with Crippen molar-refractivity contribution in [2.24, 2.45) is 11.7 Å². The molecule has 2 unspecified atom stereocenters. The summed E-state index contributed by atoms with van der Waals surface area (Å²) in [5.74, 6) is 0.776. The summed E-state index contributed by atoms with van der Waals surface area (Å²) in [7, 11) is 0. The lowest BCUT2D eigenvalue weighted by atomic mass is 10.1. The lowest BCUT2D eigenvalue weighted by Crippen LogP contribution is -2.35. The highest BCUT2D eigenvalue weighted by atomic mass is 15.2. The summed E-state index contributed by atoms with van der Waals surface area (Å²) in [4.78, 5) is 2.67. The zero-order valence-corrected chi connectivity index (χ0v) is 10.6. The minimum atomic E-state index is 0.751. The van der Waals surface area contributed by atoms with Crippen LogP contribution in [0.2, 0.25) is 0 Å². The second kappa shape index (κ2) is 5.99. The first-order valence-corrected chi connectivity index (χ1v) is 6.97. The lowest BCUT2D eigenvalue weighted by molar-refractivity contribution is 0.314. The van der Waals surface area contributed by atoms with Gasteiger partial charge in [0.05, 0.1) is 0 Å². The molecule has 16 heavy (non-hydrogen) atoms. The number of rotatable bonds is 7. The monoisotopic (exact) mass is 225 g/mol. The highest BCUT2D eigenvalue weighted by Gasteiger charge is 2.34. The molecule has 2 aliphatic rings. The van der Waals surface area contributed by atoms with E-state index in [2.05, 4.69) is 17.1 Å². The molecule has 1 aliphatic heterocycles. The summed E-state index contributed by atoms with van der Waals surface area (Å²) < 4.78 is 0. The van der Waals surface area contributed by atoms with Crippen molar-refractivity contribution < 1.29 is 0 Å². The maximum Gasteiger partial charge on any atom is 0.0207 e. The van der Waals surface area contributed by atoms with Gasteiger partial charge in [-0.3, -0.25) is 4.90 Å². The highest BCUT2D eigenvalue weighted by Crippen LogP contribution is 2.29. The Kier molecular flexibility index (Phi) is 4.62. The van der Waals surface area contributed by atoms with Gasteiger partial charge in [-0.1, -0.05) is 6.92 Å². The molecule has 0 bridgehead atoms. The lowest BCUT2D eigenvalue weighted by Gasteiger charge is -2.18. The highest BCUT2D eigenvalue weighted by molar-refractivity contribution is 4.91. The standard InChI is InChI=1S/C13H27N3/c1-11(3-2-7-14)9-15-12-6-8-16(10-12)13-4-5-13/h11-13,15H,2-10,14H2,1H3. The molecule has 0 aromatic carbocycles. The Morgan fingerprint density at radius 2 is 2.19 bits per heavy atom. The SMILES string of the molecule is CC(CCCN)CNC1CCN(C2CC2)C1. The number of nitrogens with two attached hydrogens (primary N) is 1. The quantitative estimate of drug-likeness (QED) is 0.684. The second-order valence-corrected chi connectivity index (χ2v) is 5.66. The van der Waals surface area contributed by atoms with Crippen LogP contribution >= 0.6 is 0 Å². The van der Waals surface area contributed by atoms with Crippen LogP contribution in [0.1, 0.15) is 39.0 Å². The van der Waals surface area contributed by atoms with Crippen LogP contribution < -0.4 is 11.1 Å². The van der Waals surface area contributed by atoms with Crippen LogP contribution in [0.3, 0.4) is 0 Å². The number of hydrogen-bond donors (Lipinski definition) is 2. The topological polar surface area (TPSA) is 41.3 Å². The molecule has 1 saturated carbocycles. The van der Waals surface area contributed by atoms with Gasteiger partial charge in [0.2, 0.25) is 0 Å². The molecule has 0 radical (unpaired) electrons. The van der Waals surface area contributed by atoms with Crippen molar-refractivity contribution in [2.75, 3.05) is 26.2 Å². The number of nitrogens with zero attached hydrogens (tertiary/aromatic N) is 1. The molecule has 1 saturated heterocycles. The maximum absolute atomic E-state index is 5.53. The summed E-state index contributed by atoms with van der Waals surface area (Å²) in [5.41, 5.74) is 5.53. The fourth-order valence-corrected chi connectivity index (χ4v) is 2.66. The van der Waals surface area contributed by atoms with Crippen molar-refractivity contribution in [1.29, 1.82) is 0 Å². The van der Waals surface area contributed by atoms with Crippen LogP contribution in [0.4, 0.5) is 0 Å². The fourth-order valence-electron chi connectivity index (χ4n) is 2.66. The van der Waals surface area contributed by atoms with Gasteiger partial charge < -0.3 is 11.1 Å². The number of likely N-dealkylation sites (tertiary alicyclic amines) is 1. The van der Waals surface area contributed by atoms with Crippen molar-refractivity contribution in [3.63, 3.8) is 0 Å². The second-order valence-electron chi connectivity index (χ2n) is 5.66. The van der Waals surface area contributed by atoms with E-state index in [-0.39, 0.29) is 0 Å².